The van der Waals surface area contributed by atoms with E-state index in [9.17, 15) is 13.6 Å². The molecule has 0 aliphatic heterocycles. The van der Waals surface area contributed by atoms with Crippen LogP contribution < -0.4 is 10.1 Å². The Morgan fingerprint density at radius 3 is 2.69 bits per heavy atom. The second-order valence-electron chi connectivity index (χ2n) is 5.31. The molecule has 0 aliphatic carbocycles. The Kier molecular flexibility index (Phi) is 5.43. The molecule has 26 heavy (non-hydrogen) atoms. The van der Waals surface area contributed by atoms with Crippen LogP contribution in [0, 0.1) is 11.6 Å². The van der Waals surface area contributed by atoms with Crippen molar-refractivity contribution in [2.75, 3.05) is 0 Å². The van der Waals surface area contributed by atoms with Gasteiger partial charge in [0.2, 0.25) is 5.88 Å². The van der Waals surface area contributed by atoms with Gasteiger partial charge >= 0.3 is 0 Å². The molecule has 3 aromatic rings. The minimum atomic E-state index is -0.891. The zero-order valence-corrected chi connectivity index (χ0v) is 14.1. The third-order valence-corrected chi connectivity index (χ3v) is 3.88. The molecule has 3 rings (SSSR count). The third kappa shape index (κ3) is 4.15. The van der Waals surface area contributed by atoms with Crippen LogP contribution in [0.25, 0.3) is 0 Å². The first-order chi connectivity index (χ1) is 12.5. The molecule has 4 nitrogen and oxygen atoms in total. The predicted octanol–water partition coefficient (Wildman–Crippen LogP) is 4.74. The summed E-state index contributed by atoms with van der Waals surface area (Å²) in [6.07, 6.45) is 1.40. The van der Waals surface area contributed by atoms with Crippen LogP contribution in [0.1, 0.15) is 15.9 Å². The van der Waals surface area contributed by atoms with Gasteiger partial charge in [0, 0.05) is 23.8 Å². The highest BCUT2D eigenvalue weighted by Gasteiger charge is 2.16. The summed E-state index contributed by atoms with van der Waals surface area (Å²) < 4.78 is 32.1. The molecule has 0 saturated heterocycles. The minimum absolute atomic E-state index is 0.0883. The number of halogens is 3. The number of pyridine rings is 1. The lowest BCUT2D eigenvalue weighted by atomic mass is 10.2. The van der Waals surface area contributed by atoms with E-state index in [0.717, 1.165) is 17.7 Å². The molecule has 0 spiro atoms. The van der Waals surface area contributed by atoms with Gasteiger partial charge in [0.05, 0.1) is 0 Å². The fourth-order valence-electron chi connectivity index (χ4n) is 2.22. The van der Waals surface area contributed by atoms with E-state index < -0.39 is 17.5 Å². The molecule has 1 amide bonds. The quantitative estimate of drug-likeness (QED) is 0.702. The van der Waals surface area contributed by atoms with Crippen LogP contribution in [0.3, 0.4) is 0 Å². The Bertz CT molecular complexity index is 950. The van der Waals surface area contributed by atoms with Crippen molar-refractivity contribution in [1.29, 1.82) is 0 Å². The van der Waals surface area contributed by atoms with Gasteiger partial charge < -0.3 is 10.1 Å². The Morgan fingerprint density at radius 2 is 1.92 bits per heavy atom. The van der Waals surface area contributed by atoms with Crippen molar-refractivity contribution in [2.45, 2.75) is 6.54 Å². The summed E-state index contributed by atoms with van der Waals surface area (Å²) >= 11 is 6.06. The Morgan fingerprint density at radius 1 is 1.12 bits per heavy atom. The maximum atomic E-state index is 13.8. The molecule has 0 radical (unpaired) electrons. The largest absolute Gasteiger partial charge is 0.435 e. The molecule has 7 heteroatoms. The first kappa shape index (κ1) is 17.8. The van der Waals surface area contributed by atoms with Crippen molar-refractivity contribution in [3.63, 3.8) is 0 Å². The van der Waals surface area contributed by atoms with Crippen LogP contribution in [0.5, 0.6) is 11.6 Å². The van der Waals surface area contributed by atoms with E-state index in [4.69, 9.17) is 16.3 Å². The number of aromatic nitrogens is 1. The molecule has 2 aromatic carbocycles. The summed E-state index contributed by atoms with van der Waals surface area (Å²) in [6.45, 7) is 0.206. The van der Waals surface area contributed by atoms with E-state index in [-0.39, 0.29) is 23.7 Å². The smallest absolute Gasteiger partial charge is 0.257 e. The van der Waals surface area contributed by atoms with Crippen molar-refractivity contribution in [3.05, 3.63) is 88.6 Å². The van der Waals surface area contributed by atoms with Gasteiger partial charge in [0.25, 0.3) is 5.91 Å². The summed E-state index contributed by atoms with van der Waals surface area (Å²) in [4.78, 5) is 16.4. The number of carbonyl (C=O) groups is 1. The fourth-order valence-corrected chi connectivity index (χ4v) is 2.42. The van der Waals surface area contributed by atoms with E-state index in [2.05, 4.69) is 10.3 Å². The minimum Gasteiger partial charge on any atom is -0.435 e. The van der Waals surface area contributed by atoms with Crippen molar-refractivity contribution >= 4 is 17.5 Å². The van der Waals surface area contributed by atoms with Gasteiger partial charge in [-0.3, -0.25) is 4.79 Å². The van der Waals surface area contributed by atoms with Crippen LogP contribution >= 0.6 is 11.6 Å². The molecular weight excluding hydrogens is 362 g/mol. The van der Waals surface area contributed by atoms with Crippen molar-refractivity contribution in [2.24, 2.45) is 0 Å². The maximum absolute atomic E-state index is 13.8. The van der Waals surface area contributed by atoms with Crippen LogP contribution in [0.4, 0.5) is 8.78 Å². The van der Waals surface area contributed by atoms with E-state index in [1.54, 1.807) is 24.3 Å². The molecule has 1 heterocycles. The Labute approximate surface area is 153 Å². The summed E-state index contributed by atoms with van der Waals surface area (Å²) in [7, 11) is 0. The van der Waals surface area contributed by atoms with Crippen LogP contribution in [-0.2, 0) is 6.54 Å². The average molecular weight is 375 g/mol. The van der Waals surface area contributed by atoms with Crippen molar-refractivity contribution < 1.29 is 18.3 Å². The topological polar surface area (TPSA) is 51.2 Å². The first-order valence-corrected chi connectivity index (χ1v) is 8.02. The van der Waals surface area contributed by atoms with Gasteiger partial charge in [0.1, 0.15) is 11.4 Å². The average Bonchev–Trinajstić information content (AvgIpc) is 2.63. The lowest BCUT2D eigenvalue weighted by Crippen LogP contribution is -2.23. The maximum Gasteiger partial charge on any atom is 0.257 e. The molecule has 0 bridgehead atoms. The summed E-state index contributed by atoms with van der Waals surface area (Å²) in [5.41, 5.74) is 0.863. The lowest BCUT2D eigenvalue weighted by Gasteiger charge is -2.11. The zero-order valence-electron chi connectivity index (χ0n) is 13.4. The second-order valence-corrected chi connectivity index (χ2v) is 5.71. The van der Waals surface area contributed by atoms with Gasteiger partial charge in [-0.05, 0) is 35.9 Å². The van der Waals surface area contributed by atoms with Crippen LogP contribution in [0.15, 0.2) is 60.8 Å². The number of nitrogens with one attached hydrogen (secondary N) is 1. The number of amides is 1. The highest BCUT2D eigenvalue weighted by atomic mass is 35.5. The molecule has 0 saturated carbocycles. The standard InChI is InChI=1S/C19H13ClF2N2O2/c20-15-6-2-1-4-12(15)11-24-18(25)14-5-3-9-23-19(14)26-17-8-7-13(21)10-16(17)22/h1-10H,11H2,(H,24,25). The fraction of sp³-hybridized carbons (Fsp3) is 0.0526. The Hall–Kier alpha value is -2.99. The van der Waals surface area contributed by atoms with Gasteiger partial charge in [-0.2, -0.15) is 0 Å². The molecule has 0 atom stereocenters. The van der Waals surface area contributed by atoms with E-state index in [1.807, 2.05) is 6.07 Å². The van der Waals surface area contributed by atoms with Crippen LogP contribution in [-0.4, -0.2) is 10.9 Å². The van der Waals surface area contributed by atoms with Crippen molar-refractivity contribution in [1.82, 2.24) is 10.3 Å². The van der Waals surface area contributed by atoms with Gasteiger partial charge in [-0.25, -0.2) is 13.8 Å². The van der Waals surface area contributed by atoms with E-state index in [1.165, 1.54) is 12.3 Å². The summed E-state index contributed by atoms with van der Waals surface area (Å²) in [6, 6.07) is 13.0. The third-order valence-electron chi connectivity index (χ3n) is 3.51. The number of hydrogen-bond donors (Lipinski definition) is 1. The highest BCUT2D eigenvalue weighted by Crippen LogP contribution is 2.26. The summed E-state index contributed by atoms with van der Waals surface area (Å²) in [5.74, 6) is -2.40. The summed E-state index contributed by atoms with van der Waals surface area (Å²) in [5, 5.41) is 3.24. The van der Waals surface area contributed by atoms with Crippen molar-refractivity contribution in [3.8, 4) is 11.6 Å². The number of carbonyl (C=O) groups excluding carboxylic acids is 1. The first-order valence-electron chi connectivity index (χ1n) is 7.64. The van der Waals surface area contributed by atoms with E-state index in [0.29, 0.717) is 11.1 Å². The second kappa shape index (κ2) is 7.93. The molecule has 1 aromatic heterocycles. The molecule has 0 aliphatic rings. The highest BCUT2D eigenvalue weighted by molar-refractivity contribution is 6.31. The monoisotopic (exact) mass is 374 g/mol. The number of rotatable bonds is 5. The number of hydrogen-bond acceptors (Lipinski definition) is 3. The number of benzene rings is 2. The lowest BCUT2D eigenvalue weighted by molar-refractivity contribution is 0.0948. The molecular formula is C19H13ClF2N2O2. The van der Waals surface area contributed by atoms with Gasteiger partial charge in [0.15, 0.2) is 11.6 Å². The Balaban J connectivity index is 1.78. The zero-order chi connectivity index (χ0) is 18.5. The van der Waals surface area contributed by atoms with Gasteiger partial charge in [-0.1, -0.05) is 29.8 Å². The van der Waals surface area contributed by atoms with Crippen LogP contribution in [0.2, 0.25) is 5.02 Å². The number of nitrogens with zero attached hydrogens (tertiary/aromatic N) is 1. The normalized spacial score (nSPS) is 10.4. The van der Waals surface area contributed by atoms with E-state index >= 15 is 0 Å². The predicted molar refractivity (Wildman–Crippen MR) is 93.3 cm³/mol. The SMILES string of the molecule is O=C(NCc1ccccc1Cl)c1cccnc1Oc1ccc(F)cc1F. The molecule has 0 unspecified atom stereocenters. The molecule has 0 fully saturated rings. The van der Waals surface area contributed by atoms with Gasteiger partial charge in [-0.15, -0.1) is 0 Å². The molecule has 1 N–H and O–H groups in total. The number of ether oxygens (including phenoxy) is 1. The molecule has 132 valence electrons.